The molecular weight excluding hydrogens is 350 g/mol. The van der Waals surface area contributed by atoms with Gasteiger partial charge in [-0.1, -0.05) is 23.7 Å². The monoisotopic (exact) mass is 369 g/mol. The van der Waals surface area contributed by atoms with E-state index in [2.05, 4.69) is 16.5 Å². The van der Waals surface area contributed by atoms with E-state index in [-0.39, 0.29) is 18.1 Å². The predicted molar refractivity (Wildman–Crippen MR) is 103 cm³/mol. The van der Waals surface area contributed by atoms with E-state index in [9.17, 15) is 9.59 Å². The molecule has 3 rings (SSSR count). The molecule has 3 amide bonds. The number of hydrogen-bond acceptors (Lipinski definition) is 2. The van der Waals surface area contributed by atoms with Gasteiger partial charge in [0.25, 0.3) is 5.91 Å². The van der Waals surface area contributed by atoms with Crippen LogP contribution in [-0.4, -0.2) is 28.0 Å². The molecule has 0 spiro atoms. The zero-order valence-electron chi connectivity index (χ0n) is 15.0. The van der Waals surface area contributed by atoms with E-state index in [0.717, 1.165) is 33.1 Å². The highest BCUT2D eigenvalue weighted by atomic mass is 35.5. The van der Waals surface area contributed by atoms with Crippen LogP contribution in [0.25, 0.3) is 11.8 Å². The van der Waals surface area contributed by atoms with Crippen LogP contribution in [0.4, 0.5) is 4.79 Å². The molecule has 1 N–H and O–H groups in total. The second kappa shape index (κ2) is 6.84. The average molecular weight is 370 g/mol. The summed E-state index contributed by atoms with van der Waals surface area (Å²) >= 11 is 6.26. The number of aromatic nitrogens is 1. The minimum Gasteiger partial charge on any atom is -0.318 e. The first-order valence-corrected chi connectivity index (χ1v) is 8.62. The molecule has 5 nitrogen and oxygen atoms in total. The van der Waals surface area contributed by atoms with Gasteiger partial charge in [-0.3, -0.25) is 9.69 Å². The molecule has 0 atom stereocenters. The second-order valence-corrected chi connectivity index (χ2v) is 6.65. The minimum absolute atomic E-state index is 0.183. The van der Waals surface area contributed by atoms with Crippen molar-refractivity contribution in [2.45, 2.75) is 20.8 Å². The van der Waals surface area contributed by atoms with Crippen LogP contribution >= 0.6 is 11.6 Å². The molecule has 6 heteroatoms. The van der Waals surface area contributed by atoms with Crippen LogP contribution in [0.2, 0.25) is 5.02 Å². The first-order valence-electron chi connectivity index (χ1n) is 8.25. The Kier molecular flexibility index (Phi) is 4.74. The fraction of sp³-hybridized carbons (Fsp3) is 0.200. The highest BCUT2D eigenvalue weighted by molar-refractivity contribution is 6.31. The number of carbonyl (C=O) groups is 2. The quantitative estimate of drug-likeness (QED) is 0.500. The van der Waals surface area contributed by atoms with E-state index in [4.69, 9.17) is 11.6 Å². The number of nitrogens with one attached hydrogen (secondary N) is 1. The Hall–Kier alpha value is -2.79. The molecule has 2 aromatic rings. The molecule has 26 heavy (non-hydrogen) atoms. The molecule has 1 aliphatic heterocycles. The third kappa shape index (κ3) is 2.95. The third-order valence-corrected chi connectivity index (χ3v) is 4.93. The first kappa shape index (κ1) is 18.0. The highest BCUT2D eigenvalue weighted by Gasteiger charge is 2.32. The molecule has 0 unspecified atom stereocenters. The molecule has 0 bridgehead atoms. The molecule has 0 saturated carbocycles. The Balaban J connectivity index is 2.04. The Morgan fingerprint density at radius 3 is 2.65 bits per heavy atom. The number of urea groups is 1. The number of hydrogen-bond donors (Lipinski definition) is 1. The van der Waals surface area contributed by atoms with Crippen LogP contribution in [0.3, 0.4) is 0 Å². The van der Waals surface area contributed by atoms with Crippen LogP contribution in [-0.2, 0) is 4.79 Å². The van der Waals surface area contributed by atoms with Gasteiger partial charge in [0.2, 0.25) is 0 Å². The largest absolute Gasteiger partial charge is 0.329 e. The van der Waals surface area contributed by atoms with Crippen LogP contribution in [0, 0.1) is 20.8 Å². The minimum atomic E-state index is -0.430. The van der Waals surface area contributed by atoms with Gasteiger partial charge < -0.3 is 9.88 Å². The van der Waals surface area contributed by atoms with Gasteiger partial charge in [0.15, 0.2) is 0 Å². The SMILES string of the molecule is C=CCN1C(=O)N/C(=C/c2cc(C)n(-c3cccc(Cl)c3C)c2C)C1=O. The number of nitrogens with zero attached hydrogens (tertiary/aromatic N) is 2. The first-order chi connectivity index (χ1) is 12.3. The summed E-state index contributed by atoms with van der Waals surface area (Å²) < 4.78 is 2.09. The smallest absolute Gasteiger partial charge is 0.318 e. The Morgan fingerprint density at radius 1 is 1.23 bits per heavy atom. The maximum atomic E-state index is 12.4. The van der Waals surface area contributed by atoms with Crippen LogP contribution in [0.1, 0.15) is 22.5 Å². The number of aryl methyl sites for hydroxylation is 1. The van der Waals surface area contributed by atoms with Crippen molar-refractivity contribution in [3.63, 3.8) is 0 Å². The van der Waals surface area contributed by atoms with E-state index in [1.807, 2.05) is 45.0 Å². The van der Waals surface area contributed by atoms with Crippen molar-refractivity contribution in [3.8, 4) is 5.69 Å². The van der Waals surface area contributed by atoms with Crippen molar-refractivity contribution in [2.24, 2.45) is 0 Å². The topological polar surface area (TPSA) is 54.3 Å². The maximum absolute atomic E-state index is 12.4. The van der Waals surface area contributed by atoms with E-state index >= 15 is 0 Å². The third-order valence-electron chi connectivity index (χ3n) is 4.52. The molecule has 1 saturated heterocycles. The van der Waals surface area contributed by atoms with E-state index in [1.165, 1.54) is 6.08 Å². The standard InChI is InChI=1S/C20H20ClN3O2/c1-5-9-23-19(25)17(22-20(23)26)11-15-10-12(2)24(14(15)4)18-8-6-7-16(21)13(18)3/h5-8,10-11H,1,9H2,2-4H3,(H,22,26)/b17-11+. The van der Waals surface area contributed by atoms with E-state index in [0.29, 0.717) is 5.02 Å². The normalized spacial score (nSPS) is 15.7. The molecule has 2 heterocycles. The zero-order chi connectivity index (χ0) is 19.0. The Bertz CT molecular complexity index is 956. The summed E-state index contributed by atoms with van der Waals surface area (Å²) in [7, 11) is 0. The fourth-order valence-electron chi connectivity index (χ4n) is 3.16. The van der Waals surface area contributed by atoms with Crippen molar-refractivity contribution < 1.29 is 9.59 Å². The summed E-state index contributed by atoms with van der Waals surface area (Å²) in [5.41, 5.74) is 5.08. The molecule has 1 aromatic carbocycles. The molecule has 1 aliphatic rings. The van der Waals surface area contributed by atoms with Crippen molar-refractivity contribution >= 4 is 29.6 Å². The summed E-state index contributed by atoms with van der Waals surface area (Å²) in [6.45, 7) is 9.70. The van der Waals surface area contributed by atoms with Gasteiger partial charge in [-0.25, -0.2) is 4.79 Å². The number of amides is 3. The molecule has 1 fully saturated rings. The van der Waals surface area contributed by atoms with E-state index in [1.54, 1.807) is 6.08 Å². The van der Waals surface area contributed by atoms with Gasteiger partial charge >= 0.3 is 6.03 Å². The van der Waals surface area contributed by atoms with Gasteiger partial charge in [0, 0.05) is 28.6 Å². The molecule has 134 valence electrons. The zero-order valence-corrected chi connectivity index (χ0v) is 15.7. The number of rotatable bonds is 4. The number of benzene rings is 1. The van der Waals surface area contributed by atoms with Gasteiger partial charge in [-0.2, -0.15) is 0 Å². The number of imide groups is 1. The molecule has 0 radical (unpaired) electrons. The van der Waals surface area contributed by atoms with E-state index < -0.39 is 6.03 Å². The van der Waals surface area contributed by atoms with Crippen molar-refractivity contribution in [1.82, 2.24) is 14.8 Å². The average Bonchev–Trinajstić information content (AvgIpc) is 3.01. The highest BCUT2D eigenvalue weighted by Crippen LogP contribution is 2.28. The summed E-state index contributed by atoms with van der Waals surface area (Å²) in [6, 6.07) is 7.33. The van der Waals surface area contributed by atoms with Crippen LogP contribution in [0.5, 0.6) is 0 Å². The maximum Gasteiger partial charge on any atom is 0.329 e. The van der Waals surface area contributed by atoms with Crippen LogP contribution < -0.4 is 5.32 Å². The Labute approximate surface area is 157 Å². The lowest BCUT2D eigenvalue weighted by molar-refractivity contribution is -0.122. The fourth-order valence-corrected chi connectivity index (χ4v) is 3.33. The molecule has 1 aromatic heterocycles. The van der Waals surface area contributed by atoms with Crippen molar-refractivity contribution in [1.29, 1.82) is 0 Å². The van der Waals surface area contributed by atoms with Crippen molar-refractivity contribution in [2.75, 3.05) is 6.54 Å². The summed E-state index contributed by atoms with van der Waals surface area (Å²) in [5, 5.41) is 3.33. The summed E-state index contributed by atoms with van der Waals surface area (Å²) in [4.78, 5) is 25.4. The number of halogens is 1. The predicted octanol–water partition coefficient (Wildman–Crippen LogP) is 4.13. The number of carbonyl (C=O) groups excluding carboxylic acids is 2. The lowest BCUT2D eigenvalue weighted by atomic mass is 10.2. The van der Waals surface area contributed by atoms with Gasteiger partial charge in [0.05, 0.1) is 0 Å². The lowest BCUT2D eigenvalue weighted by Crippen LogP contribution is -2.30. The second-order valence-electron chi connectivity index (χ2n) is 6.24. The van der Waals surface area contributed by atoms with Crippen LogP contribution in [0.15, 0.2) is 42.6 Å². The van der Waals surface area contributed by atoms with Gasteiger partial charge in [-0.05, 0) is 56.2 Å². The van der Waals surface area contributed by atoms with Gasteiger partial charge in [0.1, 0.15) is 5.70 Å². The molecule has 0 aliphatic carbocycles. The van der Waals surface area contributed by atoms with Crippen molar-refractivity contribution in [3.05, 3.63) is 70.2 Å². The lowest BCUT2D eigenvalue weighted by Gasteiger charge is -2.13. The Morgan fingerprint density at radius 2 is 1.96 bits per heavy atom. The van der Waals surface area contributed by atoms with Gasteiger partial charge in [-0.15, -0.1) is 6.58 Å². The molecular formula is C20H20ClN3O2. The summed E-state index contributed by atoms with van der Waals surface area (Å²) in [6.07, 6.45) is 3.23. The summed E-state index contributed by atoms with van der Waals surface area (Å²) in [5.74, 6) is -0.348.